The number of ether oxygens (including phenoxy) is 2. The molecule has 1 N–H and O–H groups in total. The summed E-state index contributed by atoms with van der Waals surface area (Å²) in [7, 11) is -3.56. The fourth-order valence-corrected chi connectivity index (χ4v) is 6.31. The standard InChI is InChI=1S/C18H26Br2N2O5S/c19-14-3-4-17(20)18(10-14)28(24,25)22-7-5-21(6-8-22)11-15(23)12-26-13-16-2-1-9-27-16/h3-4,10,15-16,23H,1-2,5-9,11-13H2/t15-,16-/m1/s1. The van der Waals surface area contributed by atoms with Crippen molar-refractivity contribution in [3.63, 3.8) is 0 Å². The van der Waals surface area contributed by atoms with Gasteiger partial charge in [-0.3, -0.25) is 4.90 Å². The molecule has 0 unspecified atom stereocenters. The molecule has 0 radical (unpaired) electrons. The van der Waals surface area contributed by atoms with E-state index in [0.717, 1.165) is 23.9 Å². The van der Waals surface area contributed by atoms with Crippen molar-refractivity contribution in [3.8, 4) is 0 Å². The Labute approximate surface area is 183 Å². The third kappa shape index (κ3) is 5.98. The Hall–Kier alpha value is -0.0700. The van der Waals surface area contributed by atoms with Crippen LogP contribution < -0.4 is 0 Å². The molecule has 0 bridgehead atoms. The first-order valence-corrected chi connectivity index (χ1v) is 12.4. The van der Waals surface area contributed by atoms with Crippen molar-refractivity contribution in [1.82, 2.24) is 9.21 Å². The second-order valence-corrected chi connectivity index (χ2v) is 10.8. The topological polar surface area (TPSA) is 79.3 Å². The van der Waals surface area contributed by atoms with Gasteiger partial charge < -0.3 is 14.6 Å². The first kappa shape index (κ1) is 22.6. The highest BCUT2D eigenvalue weighted by atomic mass is 79.9. The lowest BCUT2D eigenvalue weighted by molar-refractivity contribution is -0.0270. The van der Waals surface area contributed by atoms with Crippen LogP contribution in [-0.2, 0) is 19.5 Å². The molecule has 0 amide bonds. The number of nitrogens with zero attached hydrogens (tertiary/aromatic N) is 2. The molecule has 158 valence electrons. The van der Waals surface area contributed by atoms with Gasteiger partial charge in [0.2, 0.25) is 10.0 Å². The van der Waals surface area contributed by atoms with Crippen molar-refractivity contribution in [3.05, 3.63) is 27.1 Å². The van der Waals surface area contributed by atoms with Crippen molar-refractivity contribution in [2.45, 2.75) is 29.9 Å². The van der Waals surface area contributed by atoms with E-state index in [1.807, 2.05) is 0 Å². The summed E-state index contributed by atoms with van der Waals surface area (Å²) in [4.78, 5) is 2.33. The smallest absolute Gasteiger partial charge is 0.244 e. The van der Waals surface area contributed by atoms with E-state index in [1.165, 1.54) is 4.31 Å². The summed E-state index contributed by atoms with van der Waals surface area (Å²) in [6.07, 6.45) is 1.64. The van der Waals surface area contributed by atoms with Gasteiger partial charge in [0.05, 0.1) is 30.3 Å². The van der Waals surface area contributed by atoms with E-state index in [9.17, 15) is 13.5 Å². The van der Waals surface area contributed by atoms with Crippen molar-refractivity contribution in [2.24, 2.45) is 0 Å². The SMILES string of the molecule is O=S(=O)(c1cc(Br)ccc1Br)N1CCN(C[C@@H](O)COC[C@H]2CCCO2)CC1. The average Bonchev–Trinajstić information content (AvgIpc) is 3.17. The maximum Gasteiger partial charge on any atom is 0.244 e. The van der Waals surface area contributed by atoms with Crippen LogP contribution in [0.25, 0.3) is 0 Å². The number of piperazine rings is 1. The zero-order valence-electron chi connectivity index (χ0n) is 15.6. The molecule has 2 atom stereocenters. The average molecular weight is 542 g/mol. The summed E-state index contributed by atoms with van der Waals surface area (Å²) in [5.74, 6) is 0. The van der Waals surface area contributed by atoms with E-state index in [2.05, 4.69) is 36.8 Å². The van der Waals surface area contributed by atoms with Crippen LogP contribution in [-0.4, -0.2) is 87.5 Å². The Bertz CT molecular complexity index is 750. The van der Waals surface area contributed by atoms with Gasteiger partial charge >= 0.3 is 0 Å². The largest absolute Gasteiger partial charge is 0.389 e. The summed E-state index contributed by atoms with van der Waals surface area (Å²) in [6, 6.07) is 5.13. The third-order valence-corrected chi connectivity index (χ3v) is 8.34. The van der Waals surface area contributed by atoms with E-state index >= 15 is 0 Å². The van der Waals surface area contributed by atoms with E-state index in [1.54, 1.807) is 18.2 Å². The first-order chi connectivity index (χ1) is 13.4. The highest BCUT2D eigenvalue weighted by molar-refractivity contribution is 9.11. The quantitative estimate of drug-likeness (QED) is 0.543. The highest BCUT2D eigenvalue weighted by Crippen LogP contribution is 2.28. The Morgan fingerprint density at radius 2 is 2.00 bits per heavy atom. The lowest BCUT2D eigenvalue weighted by Gasteiger charge is -2.35. The lowest BCUT2D eigenvalue weighted by atomic mass is 10.2. The van der Waals surface area contributed by atoms with Crippen LogP contribution in [0.1, 0.15) is 12.8 Å². The van der Waals surface area contributed by atoms with Crippen molar-refractivity contribution >= 4 is 41.9 Å². The minimum atomic E-state index is -3.56. The predicted molar refractivity (Wildman–Crippen MR) is 113 cm³/mol. The molecule has 2 fully saturated rings. The molecule has 2 saturated heterocycles. The van der Waals surface area contributed by atoms with Crippen molar-refractivity contribution in [1.29, 1.82) is 0 Å². The van der Waals surface area contributed by atoms with Gasteiger partial charge in [-0.15, -0.1) is 0 Å². The van der Waals surface area contributed by atoms with Crippen LogP contribution in [0.5, 0.6) is 0 Å². The number of β-amino-alcohol motifs (C(OH)–C–C–N with tert-alkyl or cyclic N) is 1. The molecule has 0 aromatic heterocycles. The Balaban J connectivity index is 1.45. The van der Waals surface area contributed by atoms with Crippen LogP contribution >= 0.6 is 31.9 Å². The molecule has 2 aliphatic rings. The molecule has 0 aliphatic carbocycles. The zero-order chi connectivity index (χ0) is 20.1. The van der Waals surface area contributed by atoms with Crippen LogP contribution in [0.2, 0.25) is 0 Å². The lowest BCUT2D eigenvalue weighted by Crippen LogP contribution is -2.50. The summed E-state index contributed by atoms with van der Waals surface area (Å²) < 4.78 is 39.7. The molecular weight excluding hydrogens is 516 g/mol. The van der Waals surface area contributed by atoms with Gasteiger partial charge in [0.1, 0.15) is 0 Å². The summed E-state index contributed by atoms with van der Waals surface area (Å²) in [5.41, 5.74) is 0. The maximum absolute atomic E-state index is 12.9. The molecule has 1 aromatic carbocycles. The Morgan fingerprint density at radius 1 is 1.25 bits per heavy atom. The minimum absolute atomic E-state index is 0.151. The number of hydrogen-bond donors (Lipinski definition) is 1. The second-order valence-electron chi connectivity index (χ2n) is 7.11. The van der Waals surface area contributed by atoms with Gasteiger partial charge in [-0.2, -0.15) is 4.31 Å². The molecular formula is C18H26Br2N2O5S. The van der Waals surface area contributed by atoms with E-state index in [0.29, 0.717) is 43.8 Å². The fraction of sp³-hybridized carbons (Fsp3) is 0.667. The molecule has 3 rings (SSSR count). The third-order valence-electron chi connectivity index (χ3n) is 4.95. The maximum atomic E-state index is 12.9. The number of aliphatic hydroxyl groups excluding tert-OH is 1. The highest BCUT2D eigenvalue weighted by Gasteiger charge is 2.30. The van der Waals surface area contributed by atoms with Gasteiger partial charge in [0.15, 0.2) is 0 Å². The second kappa shape index (κ2) is 10.3. The normalized spacial score (nSPS) is 23.2. The number of aliphatic hydroxyl groups is 1. The van der Waals surface area contributed by atoms with Gasteiger partial charge in [0, 0.05) is 48.3 Å². The molecule has 2 aliphatic heterocycles. The number of rotatable bonds is 8. The van der Waals surface area contributed by atoms with E-state index in [-0.39, 0.29) is 17.6 Å². The monoisotopic (exact) mass is 540 g/mol. The number of sulfonamides is 1. The van der Waals surface area contributed by atoms with Crippen molar-refractivity contribution < 1.29 is 23.0 Å². The molecule has 28 heavy (non-hydrogen) atoms. The zero-order valence-corrected chi connectivity index (χ0v) is 19.6. The van der Waals surface area contributed by atoms with Crippen LogP contribution in [0.15, 0.2) is 32.0 Å². The van der Waals surface area contributed by atoms with E-state index in [4.69, 9.17) is 9.47 Å². The molecule has 0 saturated carbocycles. The summed E-state index contributed by atoms with van der Waals surface area (Å²) in [5, 5.41) is 10.2. The van der Waals surface area contributed by atoms with Gasteiger partial charge in [-0.05, 0) is 47.0 Å². The van der Waals surface area contributed by atoms with Crippen molar-refractivity contribution in [2.75, 3.05) is 52.5 Å². The molecule has 1 aromatic rings. The van der Waals surface area contributed by atoms with Gasteiger partial charge in [0.25, 0.3) is 0 Å². The number of benzene rings is 1. The number of halogens is 2. The minimum Gasteiger partial charge on any atom is -0.389 e. The Morgan fingerprint density at radius 3 is 2.68 bits per heavy atom. The number of hydrogen-bond acceptors (Lipinski definition) is 6. The molecule has 2 heterocycles. The molecule has 0 spiro atoms. The van der Waals surface area contributed by atoms with Gasteiger partial charge in [-0.1, -0.05) is 15.9 Å². The van der Waals surface area contributed by atoms with Crippen LogP contribution in [0.4, 0.5) is 0 Å². The molecule has 7 nitrogen and oxygen atoms in total. The van der Waals surface area contributed by atoms with E-state index < -0.39 is 16.1 Å². The predicted octanol–water partition coefficient (Wildman–Crippen LogP) is 2.07. The summed E-state index contributed by atoms with van der Waals surface area (Å²) >= 11 is 6.66. The fourth-order valence-electron chi connectivity index (χ4n) is 3.43. The molecule has 10 heteroatoms. The van der Waals surface area contributed by atoms with Crippen LogP contribution in [0.3, 0.4) is 0 Å². The van der Waals surface area contributed by atoms with Crippen LogP contribution in [0, 0.1) is 0 Å². The Kier molecular flexibility index (Phi) is 8.32. The van der Waals surface area contributed by atoms with Gasteiger partial charge in [-0.25, -0.2) is 8.42 Å². The summed E-state index contributed by atoms with van der Waals surface area (Å²) in [6.45, 7) is 3.99. The first-order valence-electron chi connectivity index (χ1n) is 9.41.